The third kappa shape index (κ3) is 1.77. The quantitative estimate of drug-likeness (QED) is 0.738. The smallest absolute Gasteiger partial charge is 0.335 e. The SMILES string of the molecule is N#Cc1cnn(-c2nc3cc(C(=O)O)ccc3s2)c1N. The monoisotopic (exact) mass is 285 g/mol. The van der Waals surface area contributed by atoms with Crippen LogP contribution in [0.4, 0.5) is 5.82 Å². The van der Waals surface area contributed by atoms with Crippen molar-refractivity contribution >= 4 is 33.3 Å². The maximum Gasteiger partial charge on any atom is 0.335 e. The number of anilines is 1. The number of carboxylic acid groups (broad SMARTS) is 1. The Morgan fingerprint density at radius 1 is 1.50 bits per heavy atom. The Morgan fingerprint density at radius 3 is 2.95 bits per heavy atom. The second kappa shape index (κ2) is 4.32. The van der Waals surface area contributed by atoms with Gasteiger partial charge in [0.1, 0.15) is 17.5 Å². The molecule has 0 atom stereocenters. The van der Waals surface area contributed by atoms with E-state index in [-0.39, 0.29) is 16.9 Å². The number of thiazole rings is 1. The van der Waals surface area contributed by atoms with Crippen LogP contribution in [0.3, 0.4) is 0 Å². The number of nitriles is 1. The molecule has 0 unspecified atom stereocenters. The number of fused-ring (bicyclic) bond motifs is 1. The molecule has 0 spiro atoms. The molecule has 7 nitrogen and oxygen atoms in total. The highest BCUT2D eigenvalue weighted by molar-refractivity contribution is 7.20. The zero-order chi connectivity index (χ0) is 14.3. The maximum atomic E-state index is 10.9. The van der Waals surface area contributed by atoms with E-state index in [0.717, 1.165) is 4.70 Å². The predicted octanol–water partition coefficient (Wildman–Crippen LogP) is 1.63. The largest absolute Gasteiger partial charge is 0.478 e. The summed E-state index contributed by atoms with van der Waals surface area (Å²) >= 11 is 1.32. The summed E-state index contributed by atoms with van der Waals surface area (Å²) in [6, 6.07) is 6.62. The highest BCUT2D eigenvalue weighted by Gasteiger charge is 2.14. The Hall–Kier alpha value is -2.92. The fourth-order valence-corrected chi connectivity index (χ4v) is 2.65. The Kier molecular flexibility index (Phi) is 2.62. The molecule has 20 heavy (non-hydrogen) atoms. The predicted molar refractivity (Wildman–Crippen MR) is 72.8 cm³/mol. The number of rotatable bonds is 2. The summed E-state index contributed by atoms with van der Waals surface area (Å²) in [7, 11) is 0. The lowest BCUT2D eigenvalue weighted by Crippen LogP contribution is -2.01. The van der Waals surface area contributed by atoms with Crippen LogP contribution >= 0.6 is 11.3 Å². The van der Waals surface area contributed by atoms with Crippen molar-refractivity contribution in [1.29, 1.82) is 5.26 Å². The van der Waals surface area contributed by atoms with Crippen molar-refractivity contribution < 1.29 is 9.90 Å². The first-order valence-electron chi connectivity index (χ1n) is 5.48. The van der Waals surface area contributed by atoms with Gasteiger partial charge in [-0.3, -0.25) is 0 Å². The molecular weight excluding hydrogens is 278 g/mol. The summed E-state index contributed by atoms with van der Waals surface area (Å²) in [4.78, 5) is 15.2. The standard InChI is InChI=1S/C12H7N5O2S/c13-4-7-5-15-17(10(7)14)12-16-8-3-6(11(18)19)1-2-9(8)20-12/h1-3,5H,14H2,(H,18,19). The van der Waals surface area contributed by atoms with E-state index < -0.39 is 5.97 Å². The molecule has 0 saturated heterocycles. The normalized spacial score (nSPS) is 10.6. The summed E-state index contributed by atoms with van der Waals surface area (Å²) in [6.45, 7) is 0. The Morgan fingerprint density at radius 2 is 2.30 bits per heavy atom. The maximum absolute atomic E-state index is 10.9. The average molecular weight is 285 g/mol. The molecule has 0 radical (unpaired) electrons. The van der Waals surface area contributed by atoms with Crippen molar-refractivity contribution in [2.75, 3.05) is 5.73 Å². The molecule has 3 rings (SSSR count). The van der Waals surface area contributed by atoms with Gasteiger partial charge in [-0.1, -0.05) is 11.3 Å². The molecule has 0 saturated carbocycles. The fourth-order valence-electron chi connectivity index (χ4n) is 1.74. The van der Waals surface area contributed by atoms with Gasteiger partial charge in [-0.2, -0.15) is 15.0 Å². The second-order valence-electron chi connectivity index (χ2n) is 3.95. The summed E-state index contributed by atoms with van der Waals surface area (Å²) < 4.78 is 2.18. The third-order valence-electron chi connectivity index (χ3n) is 2.73. The fraction of sp³-hybridized carbons (Fsp3) is 0. The van der Waals surface area contributed by atoms with Gasteiger partial charge in [0, 0.05) is 0 Å². The average Bonchev–Trinajstić information content (AvgIpc) is 3.00. The van der Waals surface area contributed by atoms with Gasteiger partial charge < -0.3 is 10.8 Å². The van der Waals surface area contributed by atoms with E-state index >= 15 is 0 Å². The van der Waals surface area contributed by atoms with Gasteiger partial charge in [-0.15, -0.1) is 0 Å². The summed E-state index contributed by atoms with van der Waals surface area (Å²) in [6.07, 6.45) is 1.37. The Balaban J connectivity index is 2.15. The van der Waals surface area contributed by atoms with Crippen LogP contribution in [-0.2, 0) is 0 Å². The van der Waals surface area contributed by atoms with Crippen LogP contribution in [-0.4, -0.2) is 25.8 Å². The van der Waals surface area contributed by atoms with Crippen LogP contribution in [0.2, 0.25) is 0 Å². The van der Waals surface area contributed by atoms with Crippen LogP contribution in [0, 0.1) is 11.3 Å². The molecule has 0 bridgehead atoms. The van der Waals surface area contributed by atoms with Crippen molar-refractivity contribution in [2.24, 2.45) is 0 Å². The minimum atomic E-state index is -1.01. The molecular formula is C12H7N5O2S. The van der Waals surface area contributed by atoms with E-state index in [2.05, 4.69) is 10.1 Å². The first-order valence-corrected chi connectivity index (χ1v) is 6.29. The summed E-state index contributed by atoms with van der Waals surface area (Å²) in [5.74, 6) is -0.795. The first-order chi connectivity index (χ1) is 9.60. The molecule has 98 valence electrons. The molecule has 3 aromatic rings. The Bertz CT molecular complexity index is 874. The molecule has 8 heteroatoms. The lowest BCUT2D eigenvalue weighted by atomic mass is 10.2. The van der Waals surface area contributed by atoms with Crippen molar-refractivity contribution in [3.8, 4) is 11.2 Å². The number of nitrogens with zero attached hydrogens (tertiary/aromatic N) is 4. The minimum absolute atomic E-state index is 0.167. The molecule has 2 heterocycles. The van der Waals surface area contributed by atoms with Gasteiger partial charge in [0.2, 0.25) is 5.13 Å². The molecule has 1 aromatic carbocycles. The number of aromatic carboxylic acids is 1. The summed E-state index contributed by atoms with van der Waals surface area (Å²) in [5, 5.41) is 22.3. The topological polar surface area (TPSA) is 118 Å². The van der Waals surface area contributed by atoms with E-state index in [9.17, 15) is 4.79 Å². The molecule has 0 amide bonds. The lowest BCUT2D eigenvalue weighted by Gasteiger charge is -1.96. The van der Waals surface area contributed by atoms with Crippen molar-refractivity contribution in [3.05, 3.63) is 35.5 Å². The van der Waals surface area contributed by atoms with Gasteiger partial charge >= 0.3 is 5.97 Å². The van der Waals surface area contributed by atoms with Gasteiger partial charge in [0.05, 0.1) is 22.0 Å². The summed E-state index contributed by atoms with van der Waals surface area (Å²) in [5.41, 5.74) is 6.79. The Labute approximate surface area is 116 Å². The number of benzene rings is 1. The number of carbonyl (C=O) groups is 1. The van der Waals surface area contributed by atoms with Crippen LogP contribution in [0.5, 0.6) is 0 Å². The van der Waals surface area contributed by atoms with Gasteiger partial charge in [0.15, 0.2) is 0 Å². The van der Waals surface area contributed by atoms with E-state index in [1.54, 1.807) is 6.07 Å². The molecule has 0 aliphatic carbocycles. The van der Waals surface area contributed by atoms with E-state index in [1.807, 2.05) is 6.07 Å². The third-order valence-corrected chi connectivity index (χ3v) is 3.74. The van der Waals surface area contributed by atoms with Crippen LogP contribution in [0.25, 0.3) is 15.3 Å². The number of carboxylic acids is 1. The highest BCUT2D eigenvalue weighted by atomic mass is 32.1. The van der Waals surface area contributed by atoms with Crippen LogP contribution in [0.15, 0.2) is 24.4 Å². The molecule has 3 N–H and O–H groups in total. The van der Waals surface area contributed by atoms with Crippen molar-refractivity contribution in [2.45, 2.75) is 0 Å². The number of hydrogen-bond acceptors (Lipinski definition) is 6. The lowest BCUT2D eigenvalue weighted by molar-refractivity contribution is 0.0697. The molecule has 0 aliphatic rings. The van der Waals surface area contributed by atoms with Crippen molar-refractivity contribution in [3.63, 3.8) is 0 Å². The number of nitrogens with two attached hydrogens (primary N) is 1. The second-order valence-corrected chi connectivity index (χ2v) is 4.96. The van der Waals surface area contributed by atoms with Gasteiger partial charge in [-0.25, -0.2) is 9.78 Å². The number of aromatic nitrogens is 3. The van der Waals surface area contributed by atoms with E-state index in [1.165, 1.54) is 34.3 Å². The molecule has 0 fully saturated rings. The highest BCUT2D eigenvalue weighted by Crippen LogP contribution is 2.27. The van der Waals surface area contributed by atoms with E-state index in [0.29, 0.717) is 10.6 Å². The zero-order valence-electron chi connectivity index (χ0n) is 9.94. The van der Waals surface area contributed by atoms with Gasteiger partial charge in [0.25, 0.3) is 0 Å². The van der Waals surface area contributed by atoms with Crippen molar-refractivity contribution in [1.82, 2.24) is 14.8 Å². The van der Waals surface area contributed by atoms with E-state index in [4.69, 9.17) is 16.1 Å². The molecule has 2 aromatic heterocycles. The number of hydrogen-bond donors (Lipinski definition) is 2. The minimum Gasteiger partial charge on any atom is -0.478 e. The van der Waals surface area contributed by atoms with Crippen LogP contribution < -0.4 is 5.73 Å². The zero-order valence-corrected chi connectivity index (χ0v) is 10.8. The van der Waals surface area contributed by atoms with Crippen LogP contribution in [0.1, 0.15) is 15.9 Å². The number of nitrogen functional groups attached to an aromatic ring is 1. The molecule has 0 aliphatic heterocycles. The van der Waals surface area contributed by atoms with Gasteiger partial charge in [-0.05, 0) is 18.2 Å². The first kappa shape index (κ1) is 12.1.